The molecule has 3 aliphatic heterocycles. The third kappa shape index (κ3) is 3.86. The quantitative estimate of drug-likeness (QED) is 0.819. The number of aromatic nitrogens is 1. The maximum atomic E-state index is 12.6. The first-order valence-electron chi connectivity index (χ1n) is 10.2. The predicted molar refractivity (Wildman–Crippen MR) is 101 cm³/mol. The van der Waals surface area contributed by atoms with Crippen molar-refractivity contribution < 1.29 is 14.3 Å². The molecule has 0 spiro atoms. The van der Waals surface area contributed by atoms with Crippen molar-refractivity contribution in [1.29, 1.82) is 0 Å². The van der Waals surface area contributed by atoms with Gasteiger partial charge in [-0.05, 0) is 57.6 Å². The van der Waals surface area contributed by atoms with Gasteiger partial charge in [0.1, 0.15) is 0 Å². The summed E-state index contributed by atoms with van der Waals surface area (Å²) in [5.41, 5.74) is 1.58. The minimum absolute atomic E-state index is 0.0637. The van der Waals surface area contributed by atoms with E-state index in [-0.39, 0.29) is 24.0 Å². The predicted octanol–water partition coefficient (Wildman–Crippen LogP) is 2.55. The van der Waals surface area contributed by atoms with Gasteiger partial charge in [0.25, 0.3) is 5.91 Å². The minimum Gasteiger partial charge on any atom is -0.375 e. The van der Waals surface area contributed by atoms with Crippen LogP contribution in [0.25, 0.3) is 0 Å². The van der Waals surface area contributed by atoms with Crippen LogP contribution in [-0.4, -0.2) is 64.0 Å². The lowest BCUT2D eigenvalue weighted by Crippen LogP contribution is -2.49. The van der Waals surface area contributed by atoms with Crippen LogP contribution in [0.5, 0.6) is 0 Å². The fourth-order valence-corrected chi connectivity index (χ4v) is 5.00. The van der Waals surface area contributed by atoms with E-state index in [0.717, 1.165) is 57.3 Å². The minimum atomic E-state index is 0.0637. The maximum Gasteiger partial charge on any atom is 0.255 e. The second kappa shape index (κ2) is 7.58. The van der Waals surface area contributed by atoms with E-state index in [2.05, 4.69) is 9.88 Å². The van der Waals surface area contributed by atoms with Gasteiger partial charge in [0.15, 0.2) is 0 Å². The zero-order chi connectivity index (χ0) is 19.0. The van der Waals surface area contributed by atoms with E-state index >= 15 is 0 Å². The van der Waals surface area contributed by atoms with E-state index in [1.807, 2.05) is 24.0 Å². The molecule has 146 valence electrons. The van der Waals surface area contributed by atoms with Crippen molar-refractivity contribution >= 4 is 11.8 Å². The molecule has 27 heavy (non-hydrogen) atoms. The van der Waals surface area contributed by atoms with Gasteiger partial charge in [-0.15, -0.1) is 0 Å². The largest absolute Gasteiger partial charge is 0.375 e. The summed E-state index contributed by atoms with van der Waals surface area (Å²) in [6, 6.07) is 4.46. The van der Waals surface area contributed by atoms with Crippen molar-refractivity contribution in [2.45, 2.75) is 76.7 Å². The average Bonchev–Trinajstić information content (AvgIpc) is 2.94. The number of hydrogen-bond acceptors (Lipinski definition) is 4. The number of carbonyl (C=O) groups is 2. The molecule has 0 aliphatic carbocycles. The van der Waals surface area contributed by atoms with Crippen LogP contribution in [0.1, 0.15) is 61.5 Å². The molecule has 1 aromatic rings. The van der Waals surface area contributed by atoms with Crippen molar-refractivity contribution in [3.63, 3.8) is 0 Å². The zero-order valence-corrected chi connectivity index (χ0v) is 16.3. The highest BCUT2D eigenvalue weighted by molar-refractivity contribution is 5.94. The standard InChI is InChI=1S/C21H29N3O3/c1-14-3-4-16(13-22-14)21(26)23-9-7-19(8-10-23)27-20-11-17-5-6-18(12-20)24(17)15(2)25/h3-4,13,17-20H,5-12H2,1-2H3/t17-,18+,20?. The second-order valence-electron chi connectivity index (χ2n) is 8.22. The number of likely N-dealkylation sites (tertiary alicyclic amines) is 1. The van der Waals surface area contributed by atoms with Crippen molar-refractivity contribution in [2.24, 2.45) is 0 Å². The fourth-order valence-electron chi connectivity index (χ4n) is 5.00. The second-order valence-corrected chi connectivity index (χ2v) is 8.22. The van der Waals surface area contributed by atoms with Gasteiger partial charge >= 0.3 is 0 Å². The van der Waals surface area contributed by atoms with Gasteiger partial charge < -0.3 is 14.5 Å². The molecule has 0 saturated carbocycles. The lowest BCUT2D eigenvalue weighted by Gasteiger charge is -2.41. The molecule has 3 aliphatic rings. The van der Waals surface area contributed by atoms with Crippen LogP contribution < -0.4 is 0 Å². The maximum absolute atomic E-state index is 12.6. The van der Waals surface area contributed by atoms with Gasteiger partial charge in [0, 0.05) is 44.0 Å². The SMILES string of the molecule is CC(=O)N1[C@@H]2CC[C@H]1CC(OC1CCN(C(=O)c3ccc(C)nc3)CC1)C2. The molecule has 0 N–H and O–H groups in total. The summed E-state index contributed by atoms with van der Waals surface area (Å²) in [5.74, 6) is 0.270. The number of nitrogens with zero attached hydrogens (tertiary/aromatic N) is 3. The summed E-state index contributed by atoms with van der Waals surface area (Å²) >= 11 is 0. The van der Waals surface area contributed by atoms with E-state index in [1.165, 1.54) is 0 Å². The van der Waals surface area contributed by atoms with Gasteiger partial charge in [-0.1, -0.05) is 0 Å². The normalized spacial score (nSPS) is 28.4. The summed E-state index contributed by atoms with van der Waals surface area (Å²) in [6.07, 6.45) is 8.06. The highest BCUT2D eigenvalue weighted by atomic mass is 16.5. The van der Waals surface area contributed by atoms with E-state index in [0.29, 0.717) is 17.6 Å². The summed E-state index contributed by atoms with van der Waals surface area (Å²) < 4.78 is 6.40. The van der Waals surface area contributed by atoms with Crippen molar-refractivity contribution in [3.8, 4) is 0 Å². The molecule has 4 heterocycles. The zero-order valence-electron chi connectivity index (χ0n) is 16.3. The highest BCUT2D eigenvalue weighted by Crippen LogP contribution is 2.37. The fraction of sp³-hybridized carbons (Fsp3) is 0.667. The van der Waals surface area contributed by atoms with Gasteiger partial charge in [-0.3, -0.25) is 14.6 Å². The van der Waals surface area contributed by atoms with Crippen LogP contribution in [0, 0.1) is 6.92 Å². The van der Waals surface area contributed by atoms with Gasteiger partial charge in [-0.2, -0.15) is 0 Å². The molecule has 3 saturated heterocycles. The lowest BCUT2D eigenvalue weighted by molar-refractivity contribution is -0.138. The number of ether oxygens (including phenoxy) is 1. The van der Waals surface area contributed by atoms with Crippen LogP contribution in [0.4, 0.5) is 0 Å². The van der Waals surface area contributed by atoms with E-state index in [9.17, 15) is 9.59 Å². The third-order valence-electron chi connectivity index (χ3n) is 6.33. The van der Waals surface area contributed by atoms with E-state index in [1.54, 1.807) is 13.1 Å². The molecule has 2 amide bonds. The number of piperidine rings is 2. The first kappa shape index (κ1) is 18.4. The van der Waals surface area contributed by atoms with Gasteiger partial charge in [-0.25, -0.2) is 0 Å². The Bertz CT molecular complexity index is 683. The first-order chi connectivity index (χ1) is 13.0. The lowest BCUT2D eigenvalue weighted by atomic mass is 9.98. The van der Waals surface area contributed by atoms with Gasteiger partial charge in [0.05, 0.1) is 17.8 Å². The Hall–Kier alpha value is -1.95. The topological polar surface area (TPSA) is 62.7 Å². The number of amides is 2. The monoisotopic (exact) mass is 371 g/mol. The van der Waals surface area contributed by atoms with Crippen LogP contribution in [0.15, 0.2) is 18.3 Å². The van der Waals surface area contributed by atoms with Crippen LogP contribution in [0.2, 0.25) is 0 Å². The Kier molecular flexibility index (Phi) is 5.17. The summed E-state index contributed by atoms with van der Waals surface area (Å²) in [7, 11) is 0. The van der Waals surface area contributed by atoms with E-state index in [4.69, 9.17) is 4.74 Å². The van der Waals surface area contributed by atoms with Crippen LogP contribution in [0.3, 0.4) is 0 Å². The molecule has 1 aromatic heterocycles. The average molecular weight is 371 g/mol. The molecule has 1 unspecified atom stereocenters. The Morgan fingerprint density at radius 3 is 2.26 bits per heavy atom. The molecule has 6 nitrogen and oxygen atoms in total. The molecule has 3 atom stereocenters. The van der Waals surface area contributed by atoms with E-state index < -0.39 is 0 Å². The summed E-state index contributed by atoms with van der Waals surface area (Å²) in [6.45, 7) is 5.07. The van der Waals surface area contributed by atoms with Gasteiger partial charge in [0.2, 0.25) is 5.91 Å². The number of aryl methyl sites for hydroxylation is 1. The van der Waals surface area contributed by atoms with Crippen molar-refractivity contribution in [3.05, 3.63) is 29.6 Å². The Labute approximate surface area is 160 Å². The molecule has 6 heteroatoms. The number of pyridine rings is 1. The molecular weight excluding hydrogens is 342 g/mol. The molecule has 0 radical (unpaired) electrons. The Balaban J connectivity index is 1.27. The molecular formula is C21H29N3O3. The number of carbonyl (C=O) groups excluding carboxylic acids is 2. The summed E-state index contributed by atoms with van der Waals surface area (Å²) in [4.78, 5) is 32.7. The molecule has 2 bridgehead atoms. The molecule has 0 aromatic carbocycles. The molecule has 3 fully saturated rings. The first-order valence-corrected chi connectivity index (χ1v) is 10.2. The Morgan fingerprint density at radius 2 is 1.70 bits per heavy atom. The number of hydrogen-bond donors (Lipinski definition) is 0. The molecule has 4 rings (SSSR count). The Morgan fingerprint density at radius 1 is 1.04 bits per heavy atom. The van der Waals surface area contributed by atoms with Crippen LogP contribution >= 0.6 is 0 Å². The van der Waals surface area contributed by atoms with Crippen molar-refractivity contribution in [2.75, 3.05) is 13.1 Å². The third-order valence-corrected chi connectivity index (χ3v) is 6.33. The number of fused-ring (bicyclic) bond motifs is 2. The smallest absolute Gasteiger partial charge is 0.255 e. The van der Waals surface area contributed by atoms with Crippen molar-refractivity contribution in [1.82, 2.24) is 14.8 Å². The van der Waals surface area contributed by atoms with Crippen LogP contribution in [-0.2, 0) is 9.53 Å². The highest BCUT2D eigenvalue weighted by Gasteiger charge is 2.43. The number of rotatable bonds is 3. The summed E-state index contributed by atoms with van der Waals surface area (Å²) in [5, 5.41) is 0.